The van der Waals surface area contributed by atoms with Gasteiger partial charge in [0.1, 0.15) is 52.4 Å². The summed E-state index contributed by atoms with van der Waals surface area (Å²) in [5.74, 6) is 0. The molecule has 130 heavy (non-hydrogen) atoms. The molecule has 0 amide bonds. The van der Waals surface area contributed by atoms with Crippen molar-refractivity contribution in [3.8, 4) is 0 Å². The van der Waals surface area contributed by atoms with E-state index in [1.54, 1.807) is 0 Å². The van der Waals surface area contributed by atoms with Crippen LogP contribution in [0.3, 0.4) is 0 Å². The standard InChI is InChI=1S/4C27H33N2.Mo.H3O5P.6H2O.W/c4*1-5-28(6-2)25-18-14-23(15-19-25)27(22-12-10-9-11-13-22)24-16-20-26(21-17-24)29(7-3)8-4;;1-5-6(2,3)4;;;;;;;/h4*9-21H,5-8H2,1-4H3;;1H,(H2,2,3,4);6*1H2;/q4*+1;;;;;;;;;/p-5. The summed E-state index contributed by atoms with van der Waals surface area (Å²) in [6.07, 6.45) is 36.0. The Morgan fingerprint density at radius 1 is 0.254 bits per heavy atom. The van der Waals surface area contributed by atoms with E-state index in [9.17, 15) is 0 Å². The van der Waals surface area contributed by atoms with Crippen LogP contribution in [-0.4, -0.2) is 179 Å². The van der Waals surface area contributed by atoms with E-state index in [2.05, 4.69) is 469 Å². The quantitative estimate of drug-likeness (QED) is 0.0139. The first-order valence-electron chi connectivity index (χ1n) is 44.3. The fourth-order valence-corrected chi connectivity index (χ4v) is 15.8. The fourth-order valence-electron chi connectivity index (χ4n) is 15.8. The van der Waals surface area contributed by atoms with Gasteiger partial charge in [0.2, 0.25) is 0 Å². The minimum atomic E-state index is -5.20. The summed E-state index contributed by atoms with van der Waals surface area (Å²) in [6, 6.07) is 78.9. The minimum Gasteiger partial charge on any atom is -0.870 e. The van der Waals surface area contributed by atoms with Crippen LogP contribution in [0.5, 0.6) is 0 Å². The third-order valence-corrected chi connectivity index (χ3v) is 22.8. The molecule has 0 heterocycles. The van der Waals surface area contributed by atoms with E-state index in [0.29, 0.717) is 0 Å². The first-order valence-corrected chi connectivity index (χ1v) is 45.7. The minimum absolute atomic E-state index is 0. The van der Waals surface area contributed by atoms with Crippen molar-refractivity contribution < 1.29 is 118 Å². The van der Waals surface area contributed by atoms with E-state index in [-0.39, 0.29) is 75.0 Å². The van der Waals surface area contributed by atoms with Gasteiger partial charge in [0.05, 0.1) is 0 Å². The van der Waals surface area contributed by atoms with Gasteiger partial charge >= 0.3 is 0 Å². The van der Waals surface area contributed by atoms with E-state index in [0.717, 1.165) is 105 Å². The van der Waals surface area contributed by atoms with Crippen LogP contribution in [0.2, 0.25) is 0 Å². The maximum Gasteiger partial charge on any atom is 0.199 e. The van der Waals surface area contributed by atoms with Crippen LogP contribution in [0.15, 0.2) is 338 Å². The Kier molecular flexibility index (Phi) is 58.7. The van der Waals surface area contributed by atoms with Gasteiger partial charge < -0.3 is 76.7 Å². The average molecular weight is 2040 g/mol. The van der Waals surface area contributed by atoms with Crippen molar-refractivity contribution in [1.29, 1.82) is 0 Å². The van der Waals surface area contributed by atoms with Crippen LogP contribution >= 0.6 is 7.82 Å². The Labute approximate surface area is 805 Å². The summed E-state index contributed by atoms with van der Waals surface area (Å²) >= 11 is 0. The van der Waals surface area contributed by atoms with Crippen molar-refractivity contribution in [3.63, 3.8) is 0 Å². The molecule has 0 fully saturated rings. The van der Waals surface area contributed by atoms with Gasteiger partial charge in [0.15, 0.2) is 22.8 Å². The number of nitrogens with zero attached hydrogens (tertiary/aromatic N) is 8. The molecule has 0 aliphatic heterocycles. The van der Waals surface area contributed by atoms with Crippen LogP contribution in [-0.2, 0) is 51.4 Å². The van der Waals surface area contributed by atoms with Gasteiger partial charge in [-0.25, -0.2) is 18.3 Å². The molecule has 8 aromatic carbocycles. The zero-order valence-corrected chi connectivity index (χ0v) is 84.9. The van der Waals surface area contributed by atoms with Crippen molar-refractivity contribution >= 4 is 75.7 Å². The topological polar surface area (TPSA) is 306 Å². The molecule has 0 saturated carbocycles. The second kappa shape index (κ2) is 63.7. The molecule has 19 nitrogen and oxygen atoms in total. The monoisotopic (exact) mass is 2040 g/mol. The first-order chi connectivity index (χ1) is 59.4. The molecular formula is C108H142MoN8O11PW-. The number of rotatable bonds is 29. The summed E-state index contributed by atoms with van der Waals surface area (Å²) in [7, 11) is -5.20. The van der Waals surface area contributed by atoms with Crippen molar-refractivity contribution in [2.24, 2.45) is 0 Å². The molecule has 0 atom stereocenters. The molecule has 4 aliphatic carbocycles. The molecule has 0 radical (unpaired) electrons. The number of hydrogen-bond acceptors (Lipinski definition) is 11. The Morgan fingerprint density at radius 2 is 0.385 bits per heavy atom. The molecule has 12 rings (SSSR count). The third-order valence-electron chi connectivity index (χ3n) is 22.6. The SMILES string of the molecule is CCN(CC)c1ccc(C(=C2C=CC(=[N+](CC)CC)C=C2)c2ccccc2)cc1.CCN(CC)c1ccc(C(=C2C=CC(=[N+](CC)CC)C=C2)c2ccccc2)cc1.CCN(CC)c1ccc(C(=C2C=CC(=[N+](CC)CC)C=C2)c2ccccc2)cc1.CCN(CC)c1ccc(C(=C2C=CC(=[N+](CC)CC)C=C2)c2ccccc2)cc1.O.O.O.O.O=P([O-])([O-])O[O-].[Mo].[OH-].[OH-].[W]. The van der Waals surface area contributed by atoms with E-state index in [1.165, 1.54) is 135 Å². The van der Waals surface area contributed by atoms with E-state index >= 15 is 0 Å². The maximum atomic E-state index is 8.94. The molecule has 0 unspecified atom stereocenters. The second-order valence-electron chi connectivity index (χ2n) is 29.2. The van der Waals surface area contributed by atoms with Crippen LogP contribution in [0.25, 0.3) is 22.3 Å². The smallest absolute Gasteiger partial charge is 0.199 e. The van der Waals surface area contributed by atoms with Crippen LogP contribution < -0.4 is 34.6 Å². The van der Waals surface area contributed by atoms with Gasteiger partial charge in [0.25, 0.3) is 0 Å². The van der Waals surface area contributed by atoms with Crippen molar-refractivity contribution in [2.45, 2.75) is 111 Å². The Bertz CT molecular complexity index is 4520. The molecule has 0 saturated heterocycles. The summed E-state index contributed by atoms with van der Waals surface area (Å²) < 4.78 is 20.6. The normalized spacial score (nSPS) is 12.1. The van der Waals surface area contributed by atoms with Crippen LogP contribution in [0.1, 0.15) is 155 Å². The van der Waals surface area contributed by atoms with Crippen LogP contribution in [0.4, 0.5) is 22.7 Å². The number of benzene rings is 8. The molecule has 8 aromatic rings. The molecule has 4 aliphatic rings. The van der Waals surface area contributed by atoms with Gasteiger partial charge in [0, 0.05) is 174 Å². The van der Waals surface area contributed by atoms with Crippen molar-refractivity contribution in [3.05, 3.63) is 382 Å². The molecular weight excluding hydrogens is 1900 g/mol. The van der Waals surface area contributed by atoms with Gasteiger partial charge in [-0.05, 0) is 297 Å². The number of hydrogen-bond donors (Lipinski definition) is 0. The van der Waals surface area contributed by atoms with Gasteiger partial charge in [-0.15, -0.1) is 0 Å². The fraction of sp³-hybridized carbons (Fsp3) is 0.296. The second-order valence-corrected chi connectivity index (χ2v) is 30.3. The molecule has 10 N–H and O–H groups in total. The molecule has 698 valence electrons. The number of allylic oxidation sites excluding steroid dienone is 20. The maximum absolute atomic E-state index is 8.94. The number of anilines is 4. The van der Waals surface area contributed by atoms with Crippen LogP contribution in [0, 0.1) is 0 Å². The summed E-state index contributed by atoms with van der Waals surface area (Å²) in [5.41, 5.74) is 30.4. The summed E-state index contributed by atoms with van der Waals surface area (Å²) in [6.45, 7) is 51.7. The molecule has 0 aromatic heterocycles. The van der Waals surface area contributed by atoms with Crippen molar-refractivity contribution in [1.82, 2.24) is 0 Å². The first kappa shape index (κ1) is 120. The molecule has 0 spiro atoms. The number of phosphoric acid groups is 1. The average Bonchev–Trinajstić information content (AvgIpc) is 0.816. The van der Waals surface area contributed by atoms with Gasteiger partial charge in [-0.2, -0.15) is 0 Å². The largest absolute Gasteiger partial charge is 0.870 e. The molecule has 0 bridgehead atoms. The predicted molar refractivity (Wildman–Crippen MR) is 535 cm³/mol. The predicted octanol–water partition coefficient (Wildman–Crippen LogP) is 17.3. The van der Waals surface area contributed by atoms with E-state index in [4.69, 9.17) is 19.6 Å². The zero-order chi connectivity index (χ0) is 87.8. The Morgan fingerprint density at radius 3 is 0.500 bits per heavy atom. The molecule has 22 heteroatoms. The zero-order valence-electron chi connectivity index (χ0n) is 79.1. The Balaban J connectivity index is 0.00000164. The third kappa shape index (κ3) is 34.1. The Hall–Kier alpha value is -10.3. The van der Waals surface area contributed by atoms with E-state index in [1.807, 2.05) is 0 Å². The van der Waals surface area contributed by atoms with Gasteiger partial charge in [-0.3, -0.25) is 0 Å². The summed E-state index contributed by atoms with van der Waals surface area (Å²) in [5, 5.41) is 8.56. The van der Waals surface area contributed by atoms with Crippen molar-refractivity contribution in [2.75, 3.05) is 124 Å². The van der Waals surface area contributed by atoms with Gasteiger partial charge in [-0.1, -0.05) is 170 Å². The summed E-state index contributed by atoms with van der Waals surface area (Å²) in [4.78, 5) is 27.4. The van der Waals surface area contributed by atoms with E-state index < -0.39 is 7.82 Å².